The van der Waals surface area contributed by atoms with E-state index in [4.69, 9.17) is 51.1 Å². The van der Waals surface area contributed by atoms with Crippen LogP contribution in [0.4, 0.5) is 0 Å². The van der Waals surface area contributed by atoms with Crippen molar-refractivity contribution in [1.29, 1.82) is 0 Å². The Hall–Kier alpha value is -0.681. The van der Waals surface area contributed by atoms with E-state index in [-0.39, 0.29) is 46.6 Å². The number of carbonyl (C=O) groups excluding carboxylic acids is 3. The molecule has 0 unspecified atom stereocenters. The molecule has 0 heterocycles. The van der Waals surface area contributed by atoms with Gasteiger partial charge < -0.3 is 46.3 Å². The standard InChI is InChI=1S/C2H8N2.4C2H4O2.Mn.Na/c3-1-2-4;4*1-2(3)4;;/h1-4H2;4*1H3,(H,3,4);;/q;;;;;+2;+1/p-3. The number of carbonyl (C=O) groups is 4. The first-order chi connectivity index (χ1) is 8.84. The summed E-state index contributed by atoms with van der Waals surface area (Å²) in [6, 6.07) is 0. The summed E-state index contributed by atoms with van der Waals surface area (Å²) in [6.07, 6.45) is 0. The fourth-order valence-corrected chi connectivity index (χ4v) is 0. The third-order valence-electron chi connectivity index (χ3n) is 0.167. The minimum atomic E-state index is -1.08. The number of carboxylic acids is 4. The topological polar surface area (TPSA) is 210 Å². The summed E-state index contributed by atoms with van der Waals surface area (Å²) in [5.74, 6) is -4.08. The third-order valence-corrected chi connectivity index (χ3v) is 0.167. The number of rotatable bonds is 1. The third kappa shape index (κ3) is 63500. The van der Waals surface area contributed by atoms with Gasteiger partial charge in [-0.3, -0.25) is 4.79 Å². The molecular formula is C10H21MnN2NaO8. The maximum atomic E-state index is 9.00. The van der Waals surface area contributed by atoms with E-state index in [2.05, 4.69) is 0 Å². The Morgan fingerprint density at radius 3 is 0.818 bits per heavy atom. The molecule has 12 heteroatoms. The van der Waals surface area contributed by atoms with Gasteiger partial charge in [-0.25, -0.2) is 0 Å². The van der Waals surface area contributed by atoms with E-state index in [9.17, 15) is 0 Å². The number of carboxylic acid groups (broad SMARTS) is 4. The molecule has 0 aliphatic heterocycles. The van der Waals surface area contributed by atoms with Crippen molar-refractivity contribution in [3.8, 4) is 0 Å². The van der Waals surface area contributed by atoms with Gasteiger partial charge in [-0.05, 0) is 20.8 Å². The smallest absolute Gasteiger partial charge is 0.550 e. The van der Waals surface area contributed by atoms with E-state index in [0.717, 1.165) is 27.7 Å². The molecule has 0 aliphatic carbocycles. The van der Waals surface area contributed by atoms with Gasteiger partial charge in [-0.2, -0.15) is 0 Å². The molecule has 22 heavy (non-hydrogen) atoms. The monoisotopic (exact) mass is 375 g/mol. The zero-order valence-electron chi connectivity index (χ0n) is 13.3. The molecule has 0 spiro atoms. The van der Waals surface area contributed by atoms with E-state index < -0.39 is 23.9 Å². The second-order valence-electron chi connectivity index (χ2n) is 2.57. The zero-order valence-corrected chi connectivity index (χ0v) is 16.4. The first-order valence-electron chi connectivity index (χ1n) is 4.97. The molecule has 0 rings (SSSR count). The maximum absolute atomic E-state index is 9.00. The van der Waals surface area contributed by atoms with Crippen LogP contribution in [-0.4, -0.2) is 42.1 Å². The van der Waals surface area contributed by atoms with Crippen molar-refractivity contribution in [3.63, 3.8) is 0 Å². The van der Waals surface area contributed by atoms with Gasteiger partial charge in [0.1, 0.15) is 0 Å². The molecule has 0 aromatic heterocycles. The van der Waals surface area contributed by atoms with E-state index in [0.29, 0.717) is 13.1 Å². The Balaban J connectivity index is -0.0000000250. The van der Waals surface area contributed by atoms with Crippen molar-refractivity contribution >= 4 is 23.9 Å². The van der Waals surface area contributed by atoms with Gasteiger partial charge in [0.15, 0.2) is 0 Å². The van der Waals surface area contributed by atoms with Crippen LogP contribution in [0.3, 0.4) is 0 Å². The zero-order chi connectivity index (χ0) is 17.7. The molecule has 0 aromatic rings. The van der Waals surface area contributed by atoms with Gasteiger partial charge in [0.05, 0.1) is 0 Å². The van der Waals surface area contributed by atoms with Gasteiger partial charge in [0.25, 0.3) is 5.97 Å². The molecule has 0 amide bonds. The first-order valence-corrected chi connectivity index (χ1v) is 4.97. The molecule has 1 radical (unpaired) electrons. The van der Waals surface area contributed by atoms with Crippen LogP contribution in [-0.2, 0) is 36.2 Å². The van der Waals surface area contributed by atoms with Gasteiger partial charge in [-0.1, -0.05) is 0 Å². The fourth-order valence-electron chi connectivity index (χ4n) is 0. The molecule has 5 N–H and O–H groups in total. The summed E-state index contributed by atoms with van der Waals surface area (Å²) in [4.78, 5) is 35.7. The van der Waals surface area contributed by atoms with Crippen LogP contribution >= 0.6 is 0 Å². The Morgan fingerprint density at radius 2 is 0.818 bits per heavy atom. The Kier molecular flexibility index (Phi) is 83.4. The van der Waals surface area contributed by atoms with E-state index in [1.807, 2.05) is 0 Å². The molecule has 0 atom stereocenters. The van der Waals surface area contributed by atoms with Gasteiger partial charge in [0.2, 0.25) is 0 Å². The second kappa shape index (κ2) is 42.7. The number of nitrogens with two attached hydrogens (primary N) is 2. The van der Waals surface area contributed by atoms with Crippen LogP contribution in [0.2, 0.25) is 0 Å². The van der Waals surface area contributed by atoms with E-state index in [1.165, 1.54) is 0 Å². The largest absolute Gasteiger partial charge is 2.00 e. The Morgan fingerprint density at radius 1 is 0.773 bits per heavy atom. The predicted octanol–water partition coefficient (Wildman–Crippen LogP) is -7.74. The van der Waals surface area contributed by atoms with E-state index >= 15 is 0 Å². The quantitative estimate of drug-likeness (QED) is 0.368. The summed E-state index contributed by atoms with van der Waals surface area (Å²) in [7, 11) is 0. The van der Waals surface area contributed by atoms with Crippen LogP contribution in [0.25, 0.3) is 0 Å². The van der Waals surface area contributed by atoms with Crippen LogP contribution < -0.4 is 56.3 Å². The van der Waals surface area contributed by atoms with Crippen molar-refractivity contribution in [2.45, 2.75) is 27.7 Å². The van der Waals surface area contributed by atoms with Gasteiger partial charge >= 0.3 is 46.6 Å². The normalized spacial score (nSPS) is 5.91. The minimum Gasteiger partial charge on any atom is -0.550 e. The molecule has 127 valence electrons. The SMILES string of the molecule is CC(=O)O.CC(=O)[O-].CC(=O)[O-].CC(=O)[O-].NCCN.[Mn+2].[Na+]. The van der Waals surface area contributed by atoms with Crippen molar-refractivity contribution < 1.29 is 86.2 Å². The molecule has 0 saturated carbocycles. The van der Waals surface area contributed by atoms with Gasteiger partial charge in [-0.15, -0.1) is 0 Å². The molecule has 0 aliphatic rings. The summed E-state index contributed by atoms with van der Waals surface area (Å²) < 4.78 is 0. The molecule has 0 bridgehead atoms. The number of hydrogen-bond acceptors (Lipinski definition) is 9. The predicted molar refractivity (Wildman–Crippen MR) is 63.5 cm³/mol. The van der Waals surface area contributed by atoms with E-state index in [1.54, 1.807) is 0 Å². The molecule has 0 aromatic carbocycles. The second-order valence-corrected chi connectivity index (χ2v) is 2.57. The van der Waals surface area contributed by atoms with Crippen molar-refractivity contribution in [3.05, 3.63) is 0 Å². The van der Waals surface area contributed by atoms with Crippen LogP contribution in [0.1, 0.15) is 27.7 Å². The van der Waals surface area contributed by atoms with Gasteiger partial charge in [0, 0.05) is 37.9 Å². The Bertz CT molecular complexity index is 201. The van der Waals surface area contributed by atoms with Crippen molar-refractivity contribution in [1.82, 2.24) is 0 Å². The molecule has 10 nitrogen and oxygen atoms in total. The molecule has 0 saturated heterocycles. The van der Waals surface area contributed by atoms with Crippen molar-refractivity contribution in [2.75, 3.05) is 13.1 Å². The van der Waals surface area contributed by atoms with Crippen molar-refractivity contribution in [2.24, 2.45) is 11.5 Å². The molecule has 0 fully saturated rings. The van der Waals surface area contributed by atoms with Crippen LogP contribution in [0, 0.1) is 0 Å². The first kappa shape index (κ1) is 42.9. The minimum absolute atomic E-state index is 0. The maximum Gasteiger partial charge on any atom is 2.00 e. The average Bonchev–Trinajstić information content (AvgIpc) is 2.13. The number of aliphatic carboxylic acids is 4. The molecular weight excluding hydrogens is 354 g/mol. The average molecular weight is 375 g/mol. The van der Waals surface area contributed by atoms with Crippen LogP contribution in [0.15, 0.2) is 0 Å². The summed E-state index contributed by atoms with van der Waals surface area (Å²) >= 11 is 0. The summed E-state index contributed by atoms with van der Waals surface area (Å²) in [5.41, 5.74) is 9.81. The summed E-state index contributed by atoms with van der Waals surface area (Å²) in [5, 5.41) is 34.1. The van der Waals surface area contributed by atoms with Crippen LogP contribution in [0.5, 0.6) is 0 Å². The Labute approximate surface area is 162 Å². The fraction of sp³-hybridized carbons (Fsp3) is 0.600. The summed E-state index contributed by atoms with van der Waals surface area (Å²) in [6.45, 7) is 5.19. The number of hydrogen-bond donors (Lipinski definition) is 3.